The van der Waals surface area contributed by atoms with Crippen molar-refractivity contribution in [1.82, 2.24) is 4.90 Å². The summed E-state index contributed by atoms with van der Waals surface area (Å²) >= 11 is 0. The van der Waals surface area contributed by atoms with Gasteiger partial charge in [-0.2, -0.15) is 0 Å². The van der Waals surface area contributed by atoms with Crippen LogP contribution in [-0.2, 0) is 4.79 Å². The van der Waals surface area contributed by atoms with Gasteiger partial charge in [0, 0.05) is 18.5 Å². The molecular weight excluding hydrogens is 394 g/mol. The summed E-state index contributed by atoms with van der Waals surface area (Å²) in [4.78, 5) is 27.6. The molecule has 0 aliphatic heterocycles. The summed E-state index contributed by atoms with van der Waals surface area (Å²) < 4.78 is 0. The Bertz CT molecular complexity index is 1110. The minimum atomic E-state index is -0.0724. The van der Waals surface area contributed by atoms with Gasteiger partial charge in [-0.25, -0.2) is 0 Å². The molecule has 3 heteroatoms. The summed E-state index contributed by atoms with van der Waals surface area (Å²) in [5.74, 6) is -0.0303. The lowest BCUT2D eigenvalue weighted by Crippen LogP contribution is -2.29. The zero-order chi connectivity index (χ0) is 22.9. The molecule has 3 aromatic rings. The van der Waals surface area contributed by atoms with Gasteiger partial charge in [0.2, 0.25) is 0 Å². The molecule has 0 atom stereocenters. The molecule has 1 amide bonds. The maximum Gasteiger partial charge on any atom is 0.258 e. The van der Waals surface area contributed by atoms with Crippen molar-refractivity contribution in [3.8, 4) is 0 Å². The monoisotopic (exact) mass is 423 g/mol. The second-order valence-electron chi connectivity index (χ2n) is 7.60. The Morgan fingerprint density at radius 2 is 1.28 bits per heavy atom. The second-order valence-corrected chi connectivity index (χ2v) is 7.60. The lowest BCUT2D eigenvalue weighted by molar-refractivity contribution is -0.114. The standard InChI is InChI=1S/C29H29NO2/c1-4-27(31)20-26(23-12-8-6-9-13-23)21-28(24-14-10-7-11-15-24)30(5-2)29(32)25-18-16-22(3)17-19-25/h6-21H,4-5H2,1-3H3/b26-20+,28-21-. The van der Waals surface area contributed by atoms with Crippen LogP contribution in [0.3, 0.4) is 0 Å². The van der Waals surface area contributed by atoms with Crippen molar-refractivity contribution >= 4 is 23.0 Å². The number of rotatable bonds is 8. The van der Waals surface area contributed by atoms with Gasteiger partial charge >= 0.3 is 0 Å². The van der Waals surface area contributed by atoms with Gasteiger partial charge in [-0.1, -0.05) is 85.3 Å². The van der Waals surface area contributed by atoms with Crippen LogP contribution in [0.1, 0.15) is 47.3 Å². The normalized spacial score (nSPS) is 11.8. The number of benzene rings is 3. The van der Waals surface area contributed by atoms with Crippen molar-refractivity contribution in [2.75, 3.05) is 6.54 Å². The first kappa shape index (κ1) is 23.0. The van der Waals surface area contributed by atoms with Crippen LogP contribution in [0.4, 0.5) is 0 Å². The van der Waals surface area contributed by atoms with Crippen LogP contribution < -0.4 is 0 Å². The number of allylic oxidation sites excluding steroid dienone is 3. The van der Waals surface area contributed by atoms with Crippen molar-refractivity contribution in [1.29, 1.82) is 0 Å². The summed E-state index contributed by atoms with van der Waals surface area (Å²) in [5.41, 5.74) is 5.14. The van der Waals surface area contributed by atoms with E-state index in [9.17, 15) is 9.59 Å². The number of nitrogens with zero attached hydrogens (tertiary/aromatic N) is 1. The molecule has 0 spiro atoms. The molecule has 0 heterocycles. The Morgan fingerprint density at radius 3 is 1.81 bits per heavy atom. The van der Waals surface area contributed by atoms with Gasteiger partial charge in [0.15, 0.2) is 5.78 Å². The molecule has 3 aromatic carbocycles. The molecule has 0 N–H and O–H groups in total. The predicted molar refractivity (Wildman–Crippen MR) is 132 cm³/mol. The highest BCUT2D eigenvalue weighted by Crippen LogP contribution is 2.27. The van der Waals surface area contributed by atoms with E-state index in [1.807, 2.05) is 112 Å². The summed E-state index contributed by atoms with van der Waals surface area (Å²) in [6, 6.07) is 27.2. The molecule has 3 rings (SSSR count). The van der Waals surface area contributed by atoms with E-state index >= 15 is 0 Å². The molecule has 162 valence electrons. The topological polar surface area (TPSA) is 37.4 Å². The van der Waals surface area contributed by atoms with Crippen LogP contribution in [-0.4, -0.2) is 23.1 Å². The highest BCUT2D eigenvalue weighted by molar-refractivity contribution is 6.03. The second kappa shape index (κ2) is 11.1. The van der Waals surface area contributed by atoms with Gasteiger partial charge in [-0.3, -0.25) is 9.59 Å². The Morgan fingerprint density at radius 1 is 0.719 bits per heavy atom. The van der Waals surface area contributed by atoms with E-state index < -0.39 is 0 Å². The fourth-order valence-corrected chi connectivity index (χ4v) is 3.46. The first-order valence-corrected chi connectivity index (χ1v) is 11.0. The van der Waals surface area contributed by atoms with E-state index in [0.29, 0.717) is 18.5 Å². The Hall–Kier alpha value is -3.72. The highest BCUT2D eigenvalue weighted by Gasteiger charge is 2.20. The molecule has 0 aromatic heterocycles. The van der Waals surface area contributed by atoms with Crippen molar-refractivity contribution in [3.05, 3.63) is 119 Å². The molecule has 0 unspecified atom stereocenters. The van der Waals surface area contributed by atoms with Crippen LogP contribution in [0, 0.1) is 6.92 Å². The molecule has 0 radical (unpaired) electrons. The highest BCUT2D eigenvalue weighted by atomic mass is 16.2. The molecule has 0 aliphatic rings. The van der Waals surface area contributed by atoms with E-state index in [4.69, 9.17) is 0 Å². The van der Waals surface area contributed by atoms with Crippen molar-refractivity contribution in [3.63, 3.8) is 0 Å². The van der Waals surface area contributed by atoms with Gasteiger partial charge < -0.3 is 4.90 Å². The Labute approximate surface area is 190 Å². The summed E-state index contributed by atoms with van der Waals surface area (Å²) in [7, 11) is 0. The molecule has 0 fully saturated rings. The lowest BCUT2D eigenvalue weighted by Gasteiger charge is -2.25. The fraction of sp³-hybridized carbons (Fsp3) is 0.172. The average Bonchev–Trinajstić information content (AvgIpc) is 2.84. The average molecular weight is 424 g/mol. The summed E-state index contributed by atoms with van der Waals surface area (Å²) in [5, 5.41) is 0. The maximum atomic E-state index is 13.5. The number of hydrogen-bond donors (Lipinski definition) is 0. The Balaban J connectivity index is 2.16. The number of aryl methyl sites for hydroxylation is 1. The SMILES string of the molecule is CCC(=O)/C=C(\C=C(\c1ccccc1)N(CC)C(=O)c1ccc(C)cc1)c1ccccc1. The smallest absolute Gasteiger partial charge is 0.258 e. The third-order valence-corrected chi connectivity index (χ3v) is 5.28. The first-order chi connectivity index (χ1) is 15.5. The van der Waals surface area contributed by atoms with E-state index in [-0.39, 0.29) is 11.7 Å². The quantitative estimate of drug-likeness (QED) is 0.304. The Kier molecular flexibility index (Phi) is 7.93. The molecule has 0 aliphatic carbocycles. The number of ketones is 1. The molecule has 0 bridgehead atoms. The van der Waals surface area contributed by atoms with Crippen LogP contribution >= 0.6 is 0 Å². The maximum absolute atomic E-state index is 13.5. The third-order valence-electron chi connectivity index (χ3n) is 5.28. The molecule has 3 nitrogen and oxygen atoms in total. The van der Waals surface area contributed by atoms with E-state index in [1.54, 1.807) is 11.0 Å². The minimum Gasteiger partial charge on any atom is -0.308 e. The lowest BCUT2D eigenvalue weighted by atomic mass is 9.99. The van der Waals surface area contributed by atoms with Crippen molar-refractivity contribution in [2.24, 2.45) is 0 Å². The number of carbonyl (C=O) groups excluding carboxylic acids is 2. The number of hydrogen-bond acceptors (Lipinski definition) is 2. The summed E-state index contributed by atoms with van der Waals surface area (Å²) in [6.07, 6.45) is 4.04. The van der Waals surface area contributed by atoms with E-state index in [2.05, 4.69) is 0 Å². The van der Waals surface area contributed by atoms with Gasteiger partial charge in [0.1, 0.15) is 0 Å². The van der Waals surface area contributed by atoms with Crippen molar-refractivity contribution < 1.29 is 9.59 Å². The van der Waals surface area contributed by atoms with E-state index in [1.165, 1.54) is 0 Å². The third kappa shape index (κ3) is 5.70. The fourth-order valence-electron chi connectivity index (χ4n) is 3.46. The van der Waals surface area contributed by atoms with Gasteiger partial charge in [0.25, 0.3) is 5.91 Å². The van der Waals surface area contributed by atoms with E-state index in [0.717, 1.165) is 28.0 Å². The minimum absolute atomic E-state index is 0.0421. The van der Waals surface area contributed by atoms with Crippen LogP contribution in [0.25, 0.3) is 11.3 Å². The molecular formula is C29H29NO2. The first-order valence-electron chi connectivity index (χ1n) is 11.0. The van der Waals surface area contributed by atoms with Crippen molar-refractivity contribution in [2.45, 2.75) is 27.2 Å². The molecule has 0 saturated carbocycles. The number of carbonyl (C=O) groups is 2. The molecule has 0 saturated heterocycles. The predicted octanol–water partition coefficient (Wildman–Crippen LogP) is 6.56. The van der Waals surface area contributed by atoms with Crippen LogP contribution in [0.15, 0.2) is 97.1 Å². The summed E-state index contributed by atoms with van der Waals surface area (Å²) in [6.45, 7) is 6.31. The zero-order valence-electron chi connectivity index (χ0n) is 18.9. The van der Waals surface area contributed by atoms with Gasteiger partial charge in [-0.15, -0.1) is 0 Å². The van der Waals surface area contributed by atoms with Crippen LogP contribution in [0.2, 0.25) is 0 Å². The largest absolute Gasteiger partial charge is 0.308 e. The van der Waals surface area contributed by atoms with Crippen LogP contribution in [0.5, 0.6) is 0 Å². The number of amides is 1. The molecule has 32 heavy (non-hydrogen) atoms. The van der Waals surface area contributed by atoms with Gasteiger partial charge in [-0.05, 0) is 54.8 Å². The van der Waals surface area contributed by atoms with Gasteiger partial charge in [0.05, 0.1) is 5.70 Å². The zero-order valence-corrected chi connectivity index (χ0v) is 18.9.